The number of hydrogen-bond donors (Lipinski definition) is 2. The summed E-state index contributed by atoms with van der Waals surface area (Å²) in [5, 5.41) is 2.38. The first kappa shape index (κ1) is 12.4. The topological polar surface area (TPSA) is 54.7 Å². The zero-order valence-electron chi connectivity index (χ0n) is 11.1. The Balaban J connectivity index is 2.03. The summed E-state index contributed by atoms with van der Waals surface area (Å²) < 4.78 is 0.945. The number of nitrogens with one attached hydrogen (secondary N) is 1. The molecule has 4 aromatic rings. The maximum atomic E-state index is 6.05. The molecule has 0 radical (unpaired) electrons. The minimum atomic E-state index is 0.669. The van der Waals surface area contributed by atoms with Gasteiger partial charge >= 0.3 is 0 Å². The summed E-state index contributed by atoms with van der Waals surface area (Å²) in [5.74, 6) is 0.839. The van der Waals surface area contributed by atoms with E-state index in [2.05, 4.69) is 50.2 Å². The second-order valence-corrected chi connectivity index (χ2v) is 5.92. The lowest BCUT2D eigenvalue weighted by Crippen LogP contribution is -1.86. The maximum absolute atomic E-state index is 6.05. The molecule has 102 valence electrons. The first-order valence-corrected chi connectivity index (χ1v) is 7.44. The minimum Gasteiger partial charge on any atom is -0.397 e. The van der Waals surface area contributed by atoms with Gasteiger partial charge in [0.1, 0.15) is 11.3 Å². The number of nitrogens with two attached hydrogens (primary N) is 1. The van der Waals surface area contributed by atoms with Crippen LogP contribution in [0.3, 0.4) is 0 Å². The van der Waals surface area contributed by atoms with E-state index in [0.717, 1.165) is 26.9 Å². The van der Waals surface area contributed by atoms with E-state index in [0.29, 0.717) is 5.69 Å². The number of aromatic amines is 1. The molecule has 0 bridgehead atoms. The summed E-state index contributed by atoms with van der Waals surface area (Å²) in [4.78, 5) is 8.04. The highest BCUT2D eigenvalue weighted by Crippen LogP contribution is 2.31. The molecule has 3 N–H and O–H groups in total. The molecule has 21 heavy (non-hydrogen) atoms. The fourth-order valence-corrected chi connectivity index (χ4v) is 3.14. The van der Waals surface area contributed by atoms with Gasteiger partial charge in [0.2, 0.25) is 0 Å². The molecule has 3 nitrogen and oxygen atoms in total. The van der Waals surface area contributed by atoms with Crippen molar-refractivity contribution in [2.75, 3.05) is 5.73 Å². The molecule has 4 rings (SSSR count). The van der Waals surface area contributed by atoms with Crippen LogP contribution < -0.4 is 5.73 Å². The quantitative estimate of drug-likeness (QED) is 0.493. The van der Waals surface area contributed by atoms with Gasteiger partial charge in [0.25, 0.3) is 0 Å². The molecule has 0 spiro atoms. The average molecular weight is 338 g/mol. The first-order chi connectivity index (χ1) is 10.2. The standard InChI is InChI=1S/C17H12BrN3/c18-11-8-14(19)16-15(9-11)20-17(21-16)13-7-3-5-10-4-1-2-6-12(10)13/h1-9H,19H2,(H,20,21). The molecule has 4 heteroatoms. The lowest BCUT2D eigenvalue weighted by molar-refractivity contribution is 1.35. The Bertz CT molecular complexity index is 967. The lowest BCUT2D eigenvalue weighted by atomic mass is 10.0. The van der Waals surface area contributed by atoms with Crippen molar-refractivity contribution in [1.82, 2.24) is 9.97 Å². The van der Waals surface area contributed by atoms with Gasteiger partial charge in [-0.05, 0) is 22.9 Å². The summed E-state index contributed by atoms with van der Waals surface area (Å²) in [6.07, 6.45) is 0. The number of halogens is 1. The van der Waals surface area contributed by atoms with E-state index < -0.39 is 0 Å². The van der Waals surface area contributed by atoms with Gasteiger partial charge in [0.05, 0.1) is 11.2 Å². The number of benzene rings is 3. The molecule has 0 aliphatic heterocycles. The van der Waals surface area contributed by atoms with Crippen molar-refractivity contribution in [2.45, 2.75) is 0 Å². The van der Waals surface area contributed by atoms with E-state index in [-0.39, 0.29) is 0 Å². The third kappa shape index (κ3) is 1.99. The zero-order valence-corrected chi connectivity index (χ0v) is 12.7. The van der Waals surface area contributed by atoms with Crippen LogP contribution in [0, 0.1) is 0 Å². The fourth-order valence-electron chi connectivity index (χ4n) is 2.67. The van der Waals surface area contributed by atoms with Crippen LogP contribution in [0.2, 0.25) is 0 Å². The summed E-state index contributed by atoms with van der Waals surface area (Å²) >= 11 is 3.46. The second-order valence-electron chi connectivity index (χ2n) is 5.00. The molecule has 0 unspecified atom stereocenters. The third-order valence-electron chi connectivity index (χ3n) is 3.63. The van der Waals surface area contributed by atoms with Crippen LogP contribution in [-0.2, 0) is 0 Å². The van der Waals surface area contributed by atoms with Crippen LogP contribution in [0.5, 0.6) is 0 Å². The van der Waals surface area contributed by atoms with Crippen molar-refractivity contribution in [2.24, 2.45) is 0 Å². The molecule has 1 aromatic heterocycles. The van der Waals surface area contributed by atoms with Gasteiger partial charge in [0.15, 0.2) is 0 Å². The van der Waals surface area contributed by atoms with E-state index in [1.54, 1.807) is 0 Å². The monoisotopic (exact) mass is 337 g/mol. The van der Waals surface area contributed by atoms with Crippen LogP contribution in [-0.4, -0.2) is 9.97 Å². The number of imidazole rings is 1. The van der Waals surface area contributed by atoms with Gasteiger partial charge in [-0.15, -0.1) is 0 Å². The smallest absolute Gasteiger partial charge is 0.139 e. The number of fused-ring (bicyclic) bond motifs is 2. The average Bonchev–Trinajstić information content (AvgIpc) is 2.90. The summed E-state index contributed by atoms with van der Waals surface area (Å²) in [6.45, 7) is 0. The van der Waals surface area contributed by atoms with Crippen molar-refractivity contribution >= 4 is 43.4 Å². The molecular weight excluding hydrogens is 326 g/mol. The second kappa shape index (κ2) is 4.60. The number of anilines is 1. The Morgan fingerprint density at radius 2 is 1.81 bits per heavy atom. The lowest BCUT2D eigenvalue weighted by Gasteiger charge is -2.03. The van der Waals surface area contributed by atoms with E-state index in [1.807, 2.05) is 30.3 Å². The summed E-state index contributed by atoms with van der Waals surface area (Å²) in [5.41, 5.74) is 9.54. The van der Waals surface area contributed by atoms with Crippen LogP contribution in [0.15, 0.2) is 59.1 Å². The van der Waals surface area contributed by atoms with Gasteiger partial charge in [0, 0.05) is 10.0 Å². The minimum absolute atomic E-state index is 0.669. The molecule has 0 saturated heterocycles. The number of H-pyrrole nitrogens is 1. The van der Waals surface area contributed by atoms with E-state index >= 15 is 0 Å². The van der Waals surface area contributed by atoms with Crippen molar-refractivity contribution in [3.05, 3.63) is 59.1 Å². The van der Waals surface area contributed by atoms with Gasteiger partial charge in [-0.3, -0.25) is 0 Å². The van der Waals surface area contributed by atoms with Crippen LogP contribution in [0.4, 0.5) is 5.69 Å². The van der Waals surface area contributed by atoms with Crippen LogP contribution in [0.1, 0.15) is 0 Å². The molecule has 0 aliphatic carbocycles. The van der Waals surface area contributed by atoms with Crippen molar-refractivity contribution in [3.63, 3.8) is 0 Å². The van der Waals surface area contributed by atoms with Crippen LogP contribution in [0.25, 0.3) is 33.2 Å². The van der Waals surface area contributed by atoms with Crippen molar-refractivity contribution in [3.8, 4) is 11.4 Å². The SMILES string of the molecule is Nc1cc(Br)cc2[nH]c(-c3cccc4ccccc34)nc12. The molecule has 0 amide bonds. The third-order valence-corrected chi connectivity index (χ3v) is 4.08. The Morgan fingerprint density at radius 3 is 2.71 bits per heavy atom. The molecule has 0 saturated carbocycles. The number of nitrogen functional groups attached to an aromatic ring is 1. The van der Waals surface area contributed by atoms with E-state index in [9.17, 15) is 0 Å². The van der Waals surface area contributed by atoms with Gasteiger partial charge in [-0.2, -0.15) is 0 Å². The number of nitrogens with zero attached hydrogens (tertiary/aromatic N) is 1. The highest BCUT2D eigenvalue weighted by molar-refractivity contribution is 9.10. The normalized spacial score (nSPS) is 11.3. The molecule has 3 aromatic carbocycles. The highest BCUT2D eigenvalue weighted by atomic mass is 79.9. The molecule has 0 atom stereocenters. The number of hydrogen-bond acceptors (Lipinski definition) is 2. The van der Waals surface area contributed by atoms with E-state index in [4.69, 9.17) is 5.73 Å². The highest BCUT2D eigenvalue weighted by Gasteiger charge is 2.10. The zero-order chi connectivity index (χ0) is 14.4. The van der Waals surface area contributed by atoms with Crippen molar-refractivity contribution < 1.29 is 0 Å². The van der Waals surface area contributed by atoms with Gasteiger partial charge in [-0.1, -0.05) is 58.4 Å². The summed E-state index contributed by atoms with van der Waals surface area (Å²) in [6, 6.07) is 18.4. The predicted molar refractivity (Wildman–Crippen MR) is 91.1 cm³/mol. The Hall–Kier alpha value is -2.33. The predicted octanol–water partition coefficient (Wildman–Crippen LogP) is 4.73. The molecular formula is C17H12BrN3. The molecule has 1 heterocycles. The number of aromatic nitrogens is 2. The molecule has 0 aliphatic rings. The van der Waals surface area contributed by atoms with Gasteiger partial charge in [-0.25, -0.2) is 4.98 Å². The largest absolute Gasteiger partial charge is 0.397 e. The Morgan fingerprint density at radius 1 is 1.00 bits per heavy atom. The Kier molecular flexibility index (Phi) is 2.72. The number of rotatable bonds is 1. The maximum Gasteiger partial charge on any atom is 0.139 e. The van der Waals surface area contributed by atoms with Crippen molar-refractivity contribution in [1.29, 1.82) is 0 Å². The van der Waals surface area contributed by atoms with E-state index in [1.165, 1.54) is 10.8 Å². The van der Waals surface area contributed by atoms with Crippen LogP contribution >= 0.6 is 15.9 Å². The first-order valence-electron chi connectivity index (χ1n) is 6.65. The van der Waals surface area contributed by atoms with Gasteiger partial charge < -0.3 is 10.7 Å². The fraction of sp³-hybridized carbons (Fsp3) is 0. The molecule has 0 fully saturated rings. The Labute approximate surface area is 129 Å². The summed E-state index contributed by atoms with van der Waals surface area (Å²) in [7, 11) is 0.